The summed E-state index contributed by atoms with van der Waals surface area (Å²) < 4.78 is 0. The molecule has 0 heterocycles. The molecule has 0 aliphatic rings. The van der Waals surface area contributed by atoms with Gasteiger partial charge < -0.3 is 0 Å². The van der Waals surface area contributed by atoms with Crippen LogP contribution in [0.25, 0.3) is 10.8 Å². The summed E-state index contributed by atoms with van der Waals surface area (Å²) in [6, 6.07) is 23.9. The van der Waals surface area contributed by atoms with Gasteiger partial charge in [0.25, 0.3) is 0 Å². The minimum Gasteiger partial charge on any atom is -0.256 e. The van der Waals surface area contributed by atoms with Gasteiger partial charge in [0.05, 0.1) is 17.3 Å². The minimum atomic E-state index is 0.623. The Labute approximate surface area is 117 Å². The summed E-state index contributed by atoms with van der Waals surface area (Å²) in [6.45, 7) is 0. The highest BCUT2D eigenvalue weighted by Gasteiger charge is 1.95. The van der Waals surface area contributed by atoms with Crippen LogP contribution in [0.3, 0.4) is 0 Å². The maximum atomic E-state index is 8.86. The van der Waals surface area contributed by atoms with E-state index in [4.69, 9.17) is 5.26 Å². The molecule has 3 rings (SSSR count). The molecule has 94 valence electrons. The van der Waals surface area contributed by atoms with Crippen molar-refractivity contribution in [3.8, 4) is 6.07 Å². The van der Waals surface area contributed by atoms with Gasteiger partial charge in [0.2, 0.25) is 0 Å². The molecule has 0 aliphatic heterocycles. The third-order valence-electron chi connectivity index (χ3n) is 3.11. The van der Waals surface area contributed by atoms with Crippen LogP contribution in [0, 0.1) is 11.3 Å². The van der Waals surface area contributed by atoms with Crippen molar-refractivity contribution >= 4 is 22.7 Å². The lowest BCUT2D eigenvalue weighted by Crippen LogP contribution is -1.81. The Morgan fingerprint density at radius 1 is 0.850 bits per heavy atom. The van der Waals surface area contributed by atoms with E-state index in [0.29, 0.717) is 5.56 Å². The number of hydrogen-bond donors (Lipinski definition) is 0. The van der Waals surface area contributed by atoms with Crippen molar-refractivity contribution in [3.05, 3.63) is 77.9 Å². The van der Waals surface area contributed by atoms with Crippen LogP contribution in [0.15, 0.2) is 71.7 Å². The van der Waals surface area contributed by atoms with Crippen molar-refractivity contribution in [1.29, 1.82) is 5.26 Å². The highest BCUT2D eigenvalue weighted by molar-refractivity contribution is 5.91. The summed E-state index contributed by atoms with van der Waals surface area (Å²) in [5.41, 5.74) is 2.46. The molecule has 0 radical (unpaired) electrons. The van der Waals surface area contributed by atoms with Gasteiger partial charge in [-0.05, 0) is 40.6 Å². The van der Waals surface area contributed by atoms with Gasteiger partial charge in [-0.2, -0.15) is 5.26 Å². The first-order valence-electron chi connectivity index (χ1n) is 6.38. The molecule has 0 aliphatic carbocycles. The quantitative estimate of drug-likeness (QED) is 0.623. The van der Waals surface area contributed by atoms with Gasteiger partial charge in [-0.15, -0.1) is 0 Å². The highest BCUT2D eigenvalue weighted by Crippen LogP contribution is 2.16. The zero-order valence-electron chi connectivity index (χ0n) is 10.8. The first-order chi connectivity index (χ1) is 9.85. The lowest BCUT2D eigenvalue weighted by Gasteiger charge is -1.99. The standard InChI is InChI=1S/C18H12N2/c19-12-14-4-3-7-18(11-14)20-13-15-8-9-16-5-1-2-6-17(16)10-15/h1-11,13H. The van der Waals surface area contributed by atoms with Crippen molar-refractivity contribution in [1.82, 2.24) is 0 Å². The highest BCUT2D eigenvalue weighted by atomic mass is 14.7. The number of hydrogen-bond acceptors (Lipinski definition) is 2. The third-order valence-corrected chi connectivity index (χ3v) is 3.11. The molecule has 2 heteroatoms. The SMILES string of the molecule is N#Cc1cccc(N=Cc2ccc3ccccc3c2)c1. The number of rotatable bonds is 2. The average molecular weight is 256 g/mol. The Morgan fingerprint density at radius 2 is 1.70 bits per heavy atom. The van der Waals surface area contributed by atoms with Crippen LogP contribution >= 0.6 is 0 Å². The summed E-state index contributed by atoms with van der Waals surface area (Å²) in [7, 11) is 0. The molecular formula is C18H12N2. The van der Waals surface area contributed by atoms with E-state index in [1.165, 1.54) is 10.8 Å². The first-order valence-corrected chi connectivity index (χ1v) is 6.38. The Hall–Kier alpha value is -2.92. The molecular weight excluding hydrogens is 244 g/mol. The monoisotopic (exact) mass is 256 g/mol. The van der Waals surface area contributed by atoms with Crippen LogP contribution in [0.5, 0.6) is 0 Å². The van der Waals surface area contributed by atoms with Crippen LogP contribution in [0.4, 0.5) is 5.69 Å². The molecule has 3 aromatic rings. The van der Waals surface area contributed by atoms with Gasteiger partial charge in [0, 0.05) is 6.21 Å². The van der Waals surface area contributed by atoms with Crippen LogP contribution in [-0.4, -0.2) is 6.21 Å². The molecule has 0 spiro atoms. The predicted octanol–water partition coefficient (Wildman–Crippen LogP) is 4.46. The fraction of sp³-hybridized carbons (Fsp3) is 0. The lowest BCUT2D eigenvalue weighted by atomic mass is 10.1. The van der Waals surface area contributed by atoms with E-state index in [0.717, 1.165) is 11.3 Å². The number of nitriles is 1. The number of benzene rings is 3. The summed E-state index contributed by atoms with van der Waals surface area (Å²) >= 11 is 0. The zero-order chi connectivity index (χ0) is 13.8. The summed E-state index contributed by atoms with van der Waals surface area (Å²) in [5.74, 6) is 0. The van der Waals surface area contributed by atoms with Crippen molar-refractivity contribution in [3.63, 3.8) is 0 Å². The second kappa shape index (κ2) is 5.38. The van der Waals surface area contributed by atoms with Crippen LogP contribution in [0.2, 0.25) is 0 Å². The largest absolute Gasteiger partial charge is 0.256 e. The number of fused-ring (bicyclic) bond motifs is 1. The average Bonchev–Trinajstić information content (AvgIpc) is 2.53. The Kier molecular flexibility index (Phi) is 3.26. The molecule has 0 aromatic heterocycles. The molecule has 0 N–H and O–H groups in total. The fourth-order valence-corrected chi connectivity index (χ4v) is 2.09. The van der Waals surface area contributed by atoms with Gasteiger partial charge in [0.1, 0.15) is 0 Å². The van der Waals surface area contributed by atoms with Crippen molar-refractivity contribution < 1.29 is 0 Å². The summed E-state index contributed by atoms with van der Waals surface area (Å²) in [6.07, 6.45) is 1.82. The van der Waals surface area contributed by atoms with Crippen LogP contribution < -0.4 is 0 Å². The normalized spacial score (nSPS) is 10.8. The number of aliphatic imine (C=N–C) groups is 1. The molecule has 3 aromatic carbocycles. The van der Waals surface area contributed by atoms with E-state index in [-0.39, 0.29) is 0 Å². The first kappa shape index (κ1) is 12.1. The lowest BCUT2D eigenvalue weighted by molar-refractivity contribution is 1.46. The molecule has 2 nitrogen and oxygen atoms in total. The van der Waals surface area contributed by atoms with E-state index in [1.54, 1.807) is 12.1 Å². The Balaban J connectivity index is 1.92. The van der Waals surface area contributed by atoms with Crippen molar-refractivity contribution in [2.75, 3.05) is 0 Å². The minimum absolute atomic E-state index is 0.623. The van der Waals surface area contributed by atoms with Crippen molar-refractivity contribution in [2.24, 2.45) is 4.99 Å². The van der Waals surface area contributed by atoms with E-state index >= 15 is 0 Å². The zero-order valence-corrected chi connectivity index (χ0v) is 10.8. The van der Waals surface area contributed by atoms with Crippen molar-refractivity contribution in [2.45, 2.75) is 0 Å². The van der Waals surface area contributed by atoms with E-state index in [1.807, 2.05) is 36.5 Å². The summed E-state index contributed by atoms with van der Waals surface area (Å²) in [5, 5.41) is 11.3. The fourth-order valence-electron chi connectivity index (χ4n) is 2.09. The van der Waals surface area contributed by atoms with Gasteiger partial charge in [-0.25, -0.2) is 0 Å². The Morgan fingerprint density at radius 3 is 2.55 bits per heavy atom. The van der Waals surface area contributed by atoms with E-state index in [9.17, 15) is 0 Å². The molecule has 0 amide bonds. The van der Waals surface area contributed by atoms with E-state index < -0.39 is 0 Å². The molecule has 0 saturated heterocycles. The topological polar surface area (TPSA) is 36.1 Å². The molecule has 20 heavy (non-hydrogen) atoms. The third kappa shape index (κ3) is 2.57. The molecule has 0 saturated carbocycles. The smallest absolute Gasteiger partial charge is 0.0992 e. The maximum Gasteiger partial charge on any atom is 0.0992 e. The maximum absolute atomic E-state index is 8.86. The summed E-state index contributed by atoms with van der Waals surface area (Å²) in [4.78, 5) is 4.42. The molecule has 0 unspecified atom stereocenters. The second-order valence-corrected chi connectivity index (χ2v) is 4.53. The number of nitrogens with zero attached hydrogens (tertiary/aromatic N) is 2. The van der Waals surface area contributed by atoms with Crippen LogP contribution in [-0.2, 0) is 0 Å². The van der Waals surface area contributed by atoms with Gasteiger partial charge in [-0.1, -0.05) is 42.5 Å². The van der Waals surface area contributed by atoms with Gasteiger partial charge in [0.15, 0.2) is 0 Å². The predicted molar refractivity (Wildman–Crippen MR) is 82.4 cm³/mol. The van der Waals surface area contributed by atoms with Gasteiger partial charge in [-0.3, -0.25) is 4.99 Å². The second-order valence-electron chi connectivity index (χ2n) is 4.53. The Bertz CT molecular complexity index is 826. The molecule has 0 fully saturated rings. The van der Waals surface area contributed by atoms with E-state index in [2.05, 4.69) is 35.3 Å². The van der Waals surface area contributed by atoms with Crippen LogP contribution in [0.1, 0.15) is 11.1 Å². The molecule has 0 bridgehead atoms. The van der Waals surface area contributed by atoms with Gasteiger partial charge >= 0.3 is 0 Å². The molecule has 0 atom stereocenters.